The first-order chi connectivity index (χ1) is 12.8. The van der Waals surface area contributed by atoms with Crippen LogP contribution < -0.4 is 5.32 Å². The number of nitrogens with one attached hydrogen (secondary N) is 1. The average Bonchev–Trinajstić information content (AvgIpc) is 2.60. The number of thioether (sulfide) groups is 1. The lowest BCUT2D eigenvalue weighted by atomic mass is 9.75. The Kier molecular flexibility index (Phi) is 5.29. The maximum absolute atomic E-state index is 12.9. The van der Waals surface area contributed by atoms with Crippen LogP contribution in [0, 0.1) is 22.6 Å². The first-order valence-electron chi connectivity index (χ1n) is 8.43. The van der Waals surface area contributed by atoms with Crippen molar-refractivity contribution < 1.29 is 14.0 Å². The maximum Gasteiger partial charge on any atom is 0.234 e. The van der Waals surface area contributed by atoms with E-state index in [0.29, 0.717) is 40.4 Å². The molecule has 0 saturated carbocycles. The Morgan fingerprint density at radius 3 is 2.70 bits per heavy atom. The summed E-state index contributed by atoms with van der Waals surface area (Å²) < 4.78 is 12.9. The second kappa shape index (κ2) is 7.49. The second-order valence-corrected chi connectivity index (χ2v) is 8.20. The largest absolute Gasteiger partial charge is 0.325 e. The Morgan fingerprint density at radius 1 is 1.33 bits per heavy atom. The Balaban J connectivity index is 1.75. The van der Waals surface area contributed by atoms with Crippen molar-refractivity contribution in [3.63, 3.8) is 0 Å². The summed E-state index contributed by atoms with van der Waals surface area (Å²) in [7, 11) is 0. The third kappa shape index (κ3) is 4.52. The van der Waals surface area contributed by atoms with Crippen LogP contribution in [0.3, 0.4) is 0 Å². The molecule has 0 fully saturated rings. The lowest BCUT2D eigenvalue weighted by molar-refractivity contribution is -0.113. The fourth-order valence-corrected chi connectivity index (χ4v) is 3.78. The molecule has 0 saturated heterocycles. The summed E-state index contributed by atoms with van der Waals surface area (Å²) in [5.74, 6) is -0.617. The van der Waals surface area contributed by atoms with Gasteiger partial charge in [0.05, 0.1) is 17.0 Å². The Morgan fingerprint density at radius 2 is 2.04 bits per heavy atom. The van der Waals surface area contributed by atoms with Crippen molar-refractivity contribution in [2.45, 2.75) is 31.7 Å². The van der Waals surface area contributed by atoms with Gasteiger partial charge in [-0.2, -0.15) is 5.26 Å². The lowest BCUT2D eigenvalue weighted by Gasteiger charge is -2.29. The van der Waals surface area contributed by atoms with Gasteiger partial charge in [-0.3, -0.25) is 9.59 Å². The van der Waals surface area contributed by atoms with E-state index in [0.717, 1.165) is 11.8 Å². The van der Waals surface area contributed by atoms with Crippen LogP contribution in [0.25, 0.3) is 0 Å². The molecule has 0 spiro atoms. The maximum atomic E-state index is 12.9. The number of hydrogen-bond acceptors (Lipinski definition) is 5. The summed E-state index contributed by atoms with van der Waals surface area (Å²) in [6, 6.07) is 9.12. The number of carbonyl (C=O) groups excluding carboxylic acids is 2. The van der Waals surface area contributed by atoms with Gasteiger partial charge in [0.15, 0.2) is 5.78 Å². The Hall–Kier alpha value is -2.72. The molecule has 1 aromatic carbocycles. The molecule has 0 radical (unpaired) electrons. The average molecular weight is 383 g/mol. The first-order valence-corrected chi connectivity index (χ1v) is 9.41. The molecule has 1 aromatic heterocycles. The molecule has 27 heavy (non-hydrogen) atoms. The van der Waals surface area contributed by atoms with Crippen LogP contribution >= 0.6 is 11.8 Å². The van der Waals surface area contributed by atoms with Crippen molar-refractivity contribution in [2.24, 2.45) is 5.41 Å². The van der Waals surface area contributed by atoms with Gasteiger partial charge in [0, 0.05) is 17.7 Å². The van der Waals surface area contributed by atoms with Gasteiger partial charge in [-0.25, -0.2) is 9.37 Å². The topological polar surface area (TPSA) is 82.8 Å². The third-order valence-electron chi connectivity index (χ3n) is 4.24. The molecule has 5 nitrogen and oxygen atoms in total. The highest BCUT2D eigenvalue weighted by Crippen LogP contribution is 2.35. The van der Waals surface area contributed by atoms with E-state index in [-0.39, 0.29) is 28.7 Å². The van der Waals surface area contributed by atoms with Crippen molar-refractivity contribution in [2.75, 3.05) is 11.1 Å². The summed E-state index contributed by atoms with van der Waals surface area (Å²) >= 11 is 1.15. The first kappa shape index (κ1) is 19.1. The highest BCUT2D eigenvalue weighted by atomic mass is 32.2. The number of Topliss-reactive ketones (excluding diaryl/α,β-unsaturated/α-hetero) is 1. The number of rotatable bonds is 4. The molecule has 1 amide bonds. The van der Waals surface area contributed by atoms with E-state index in [1.807, 2.05) is 13.8 Å². The number of ketones is 1. The van der Waals surface area contributed by atoms with Crippen LogP contribution in [0.15, 0.2) is 35.4 Å². The van der Waals surface area contributed by atoms with Gasteiger partial charge in [0.2, 0.25) is 5.91 Å². The molecule has 0 atom stereocenters. The van der Waals surface area contributed by atoms with E-state index >= 15 is 0 Å². The molecule has 0 aliphatic heterocycles. The zero-order valence-corrected chi connectivity index (χ0v) is 15.8. The third-order valence-corrected chi connectivity index (χ3v) is 5.23. The molecule has 0 unspecified atom stereocenters. The number of nitriles is 1. The van der Waals surface area contributed by atoms with Crippen LogP contribution in [0.5, 0.6) is 0 Å². The quantitative estimate of drug-likeness (QED) is 0.808. The second-order valence-electron chi connectivity index (χ2n) is 7.23. The van der Waals surface area contributed by atoms with Crippen LogP contribution in [0.1, 0.15) is 41.9 Å². The van der Waals surface area contributed by atoms with Crippen molar-refractivity contribution >= 4 is 29.1 Å². The number of fused-ring (bicyclic) bond motifs is 1. The Labute approximate surface area is 161 Å². The molecule has 1 N–H and O–H groups in total. The molecule has 1 aliphatic rings. The van der Waals surface area contributed by atoms with Gasteiger partial charge < -0.3 is 5.32 Å². The van der Waals surface area contributed by atoms with Gasteiger partial charge >= 0.3 is 0 Å². The fourth-order valence-electron chi connectivity index (χ4n) is 3.01. The van der Waals surface area contributed by atoms with Crippen molar-refractivity contribution in [1.82, 2.24) is 4.98 Å². The number of benzene rings is 1. The van der Waals surface area contributed by atoms with Gasteiger partial charge in [0.1, 0.15) is 16.9 Å². The van der Waals surface area contributed by atoms with Gasteiger partial charge in [-0.05, 0) is 42.2 Å². The smallest absolute Gasteiger partial charge is 0.234 e. The van der Waals surface area contributed by atoms with E-state index in [2.05, 4.69) is 16.4 Å². The number of pyridine rings is 1. The zero-order chi connectivity index (χ0) is 19.6. The normalized spacial score (nSPS) is 15.0. The van der Waals surface area contributed by atoms with Crippen LogP contribution in [-0.4, -0.2) is 22.4 Å². The van der Waals surface area contributed by atoms with Crippen molar-refractivity contribution in [3.05, 3.63) is 53.0 Å². The SMILES string of the molecule is CC1(C)CC(=O)c2cc(C#N)c(SCC(=O)Nc3ccc(F)cc3)nc2C1. The Bertz CT molecular complexity index is 949. The summed E-state index contributed by atoms with van der Waals surface area (Å²) in [4.78, 5) is 29.0. The molecule has 1 heterocycles. The van der Waals surface area contributed by atoms with Crippen LogP contribution in [0.2, 0.25) is 0 Å². The van der Waals surface area contributed by atoms with Crippen molar-refractivity contribution in [1.29, 1.82) is 5.26 Å². The minimum absolute atomic E-state index is 0.00384. The van der Waals surface area contributed by atoms with Gasteiger partial charge in [0.25, 0.3) is 0 Å². The van der Waals surface area contributed by atoms with E-state index in [4.69, 9.17) is 0 Å². The predicted octanol–water partition coefficient (Wildman–Crippen LogP) is 3.98. The molecule has 138 valence electrons. The molecule has 0 bridgehead atoms. The van der Waals surface area contributed by atoms with Gasteiger partial charge in [-0.1, -0.05) is 25.6 Å². The van der Waals surface area contributed by atoms with E-state index in [1.165, 1.54) is 24.3 Å². The molecule has 7 heteroatoms. The summed E-state index contributed by atoms with van der Waals surface area (Å²) in [5.41, 5.74) is 1.80. The summed E-state index contributed by atoms with van der Waals surface area (Å²) in [6.07, 6.45) is 1.08. The number of nitrogens with zero attached hydrogens (tertiary/aromatic N) is 2. The lowest BCUT2D eigenvalue weighted by Crippen LogP contribution is -2.28. The molecule has 1 aliphatic carbocycles. The monoisotopic (exact) mass is 383 g/mol. The van der Waals surface area contributed by atoms with Crippen LogP contribution in [-0.2, 0) is 11.2 Å². The summed E-state index contributed by atoms with van der Waals surface area (Å²) in [6.45, 7) is 4.02. The zero-order valence-electron chi connectivity index (χ0n) is 15.0. The fraction of sp³-hybridized carbons (Fsp3) is 0.300. The molecule has 2 aromatic rings. The minimum Gasteiger partial charge on any atom is -0.325 e. The number of hydrogen-bond donors (Lipinski definition) is 1. The number of aromatic nitrogens is 1. The number of anilines is 1. The minimum atomic E-state index is -0.378. The standard InChI is InChI=1S/C20H18FN3O2S/c1-20(2)8-16-15(17(25)9-20)7-12(10-22)19(24-16)27-11-18(26)23-14-5-3-13(21)4-6-14/h3-7H,8-9,11H2,1-2H3,(H,23,26). The highest BCUT2D eigenvalue weighted by molar-refractivity contribution is 8.00. The number of halogens is 1. The number of amides is 1. The molecule has 3 rings (SSSR count). The van der Waals surface area contributed by atoms with Gasteiger partial charge in [-0.15, -0.1) is 0 Å². The molecular weight excluding hydrogens is 365 g/mol. The number of carbonyl (C=O) groups is 2. The van der Waals surface area contributed by atoms with Crippen LogP contribution in [0.4, 0.5) is 10.1 Å². The van der Waals surface area contributed by atoms with E-state index < -0.39 is 0 Å². The van der Waals surface area contributed by atoms with E-state index in [1.54, 1.807) is 6.07 Å². The van der Waals surface area contributed by atoms with E-state index in [9.17, 15) is 19.2 Å². The predicted molar refractivity (Wildman–Crippen MR) is 101 cm³/mol. The molecular formula is C20H18FN3O2S. The van der Waals surface area contributed by atoms with Crippen molar-refractivity contribution in [3.8, 4) is 6.07 Å². The highest BCUT2D eigenvalue weighted by Gasteiger charge is 2.32. The summed E-state index contributed by atoms with van der Waals surface area (Å²) in [5, 5.41) is 12.5.